The Morgan fingerprint density at radius 3 is 2.58 bits per heavy atom. The van der Waals surface area contributed by atoms with Crippen LogP contribution in [-0.2, 0) is 14.3 Å². The van der Waals surface area contributed by atoms with Crippen LogP contribution in [0.15, 0.2) is 60.7 Å². The van der Waals surface area contributed by atoms with Crippen molar-refractivity contribution in [1.82, 2.24) is 14.6 Å². The summed E-state index contributed by atoms with van der Waals surface area (Å²) in [6.07, 6.45) is 8.38. The molecule has 7 rings (SSSR count). The standard InChI is InChI=1S/C41H49N5O4/c1-8-48-39(47)37(50-40(4,5)6)36-28(3)43-35-25-33-31-15-12-14-30(24-31)32-23-29(26-42)16-17-34(32)49-27(2)13-10-9-11-18-41(7)19-21-45(22-20-41)38(36)46(35)44-33/h9-10,12,14-17,23-25,27,37H,8,11,13,18-22H2,1-7H3/t27-,37-/m0/s1. The number of aromatic nitrogens is 3. The molecule has 50 heavy (non-hydrogen) atoms. The van der Waals surface area contributed by atoms with Gasteiger partial charge in [0.2, 0.25) is 0 Å². The van der Waals surface area contributed by atoms with E-state index in [1.807, 2.05) is 75.5 Å². The van der Waals surface area contributed by atoms with E-state index in [9.17, 15) is 10.1 Å². The molecule has 1 saturated heterocycles. The van der Waals surface area contributed by atoms with Gasteiger partial charge in [0.15, 0.2) is 11.8 Å². The van der Waals surface area contributed by atoms with Gasteiger partial charge in [-0.05, 0) is 102 Å². The van der Waals surface area contributed by atoms with E-state index in [-0.39, 0.29) is 18.1 Å². The number of nitrogens with zero attached hydrogens (tertiary/aromatic N) is 5. The Morgan fingerprint density at radius 1 is 1.10 bits per heavy atom. The second-order valence-corrected chi connectivity index (χ2v) is 15.0. The van der Waals surface area contributed by atoms with Crippen LogP contribution in [0.5, 0.6) is 5.75 Å². The van der Waals surface area contributed by atoms with Crippen molar-refractivity contribution >= 4 is 17.4 Å². The minimum atomic E-state index is -0.977. The molecule has 2 atom stereocenters. The molecule has 2 aromatic carbocycles. The lowest BCUT2D eigenvalue weighted by Gasteiger charge is -2.41. The quantitative estimate of drug-likeness (QED) is 0.156. The maximum absolute atomic E-state index is 13.7. The number of nitriles is 1. The minimum Gasteiger partial charge on any atom is -0.490 e. The smallest absolute Gasteiger partial charge is 0.340 e. The van der Waals surface area contributed by atoms with Crippen molar-refractivity contribution in [1.29, 1.82) is 5.26 Å². The molecule has 0 amide bonds. The Bertz CT molecular complexity index is 1940. The van der Waals surface area contributed by atoms with Gasteiger partial charge in [-0.25, -0.2) is 9.78 Å². The predicted octanol–water partition coefficient (Wildman–Crippen LogP) is 8.78. The molecule has 0 radical (unpaired) electrons. The van der Waals surface area contributed by atoms with Gasteiger partial charge in [0, 0.05) is 42.4 Å². The molecule has 0 unspecified atom stereocenters. The second-order valence-electron chi connectivity index (χ2n) is 15.0. The molecule has 9 heteroatoms. The maximum Gasteiger partial charge on any atom is 0.340 e. The van der Waals surface area contributed by atoms with E-state index in [4.69, 9.17) is 24.3 Å². The van der Waals surface area contributed by atoms with Crippen LogP contribution >= 0.6 is 0 Å². The van der Waals surface area contributed by atoms with Crippen LogP contribution in [0.3, 0.4) is 0 Å². The molecular formula is C41H49N5O4. The molecule has 3 aliphatic heterocycles. The van der Waals surface area contributed by atoms with Crippen molar-refractivity contribution in [2.45, 2.75) is 98.4 Å². The number of hydrogen-bond acceptors (Lipinski definition) is 8. The molecule has 0 N–H and O–H groups in total. The average molecular weight is 676 g/mol. The molecule has 1 fully saturated rings. The van der Waals surface area contributed by atoms with E-state index in [0.29, 0.717) is 22.5 Å². The summed E-state index contributed by atoms with van der Waals surface area (Å²) in [7, 11) is 0. The van der Waals surface area contributed by atoms with Gasteiger partial charge in [-0.1, -0.05) is 37.3 Å². The van der Waals surface area contributed by atoms with Gasteiger partial charge in [-0.3, -0.25) is 0 Å². The fraction of sp³-hybridized carbons (Fsp3) is 0.463. The van der Waals surface area contributed by atoms with E-state index in [2.05, 4.69) is 43.0 Å². The highest BCUT2D eigenvalue weighted by atomic mass is 16.6. The Morgan fingerprint density at radius 2 is 1.86 bits per heavy atom. The molecule has 0 aliphatic carbocycles. The predicted molar refractivity (Wildman–Crippen MR) is 196 cm³/mol. The number of esters is 1. The van der Waals surface area contributed by atoms with Gasteiger partial charge in [-0.15, -0.1) is 0 Å². The largest absolute Gasteiger partial charge is 0.490 e. The second kappa shape index (κ2) is 14.3. The number of carbonyl (C=O) groups is 1. The fourth-order valence-corrected chi connectivity index (χ4v) is 7.05. The van der Waals surface area contributed by atoms with Crippen LogP contribution in [0.1, 0.15) is 96.6 Å². The summed E-state index contributed by atoms with van der Waals surface area (Å²) in [6, 6.07) is 18.0. The monoisotopic (exact) mass is 675 g/mol. The molecule has 4 aromatic rings. The van der Waals surface area contributed by atoms with Crippen molar-refractivity contribution in [2.24, 2.45) is 5.41 Å². The summed E-state index contributed by atoms with van der Waals surface area (Å²) in [5.41, 5.74) is 5.63. The summed E-state index contributed by atoms with van der Waals surface area (Å²) in [5.74, 6) is 1.12. The number of rotatable bonds is 4. The lowest BCUT2D eigenvalue weighted by Crippen LogP contribution is -2.41. The lowest BCUT2D eigenvalue weighted by molar-refractivity contribution is -0.166. The summed E-state index contributed by atoms with van der Waals surface area (Å²) in [6.45, 7) is 15.9. The van der Waals surface area contributed by atoms with E-state index < -0.39 is 17.7 Å². The van der Waals surface area contributed by atoms with Crippen LogP contribution in [0, 0.1) is 23.7 Å². The molecule has 262 valence electrons. The normalized spacial score (nSPS) is 20.2. The molecule has 9 nitrogen and oxygen atoms in total. The van der Waals surface area contributed by atoms with Crippen LogP contribution in [-0.4, -0.2) is 52.0 Å². The van der Waals surface area contributed by atoms with Crippen LogP contribution in [0.25, 0.3) is 28.0 Å². The highest BCUT2D eigenvalue weighted by molar-refractivity contribution is 5.81. The number of allylic oxidation sites excluding steroid dienone is 1. The number of piperidine rings is 1. The number of fused-ring (bicyclic) bond motifs is 7. The molecule has 5 heterocycles. The third-order valence-electron chi connectivity index (χ3n) is 9.76. The Kier molecular flexibility index (Phi) is 10.0. The summed E-state index contributed by atoms with van der Waals surface area (Å²) in [4.78, 5) is 21.0. The zero-order valence-corrected chi connectivity index (χ0v) is 30.5. The number of ether oxygens (including phenoxy) is 3. The number of anilines is 1. The van der Waals surface area contributed by atoms with Crippen molar-refractivity contribution in [2.75, 3.05) is 24.6 Å². The Labute approximate surface area is 295 Å². The van der Waals surface area contributed by atoms with Crippen LogP contribution in [0.2, 0.25) is 0 Å². The summed E-state index contributed by atoms with van der Waals surface area (Å²) in [5, 5.41) is 14.9. The van der Waals surface area contributed by atoms with Gasteiger partial charge in [0.25, 0.3) is 0 Å². The first-order valence-corrected chi connectivity index (χ1v) is 17.8. The molecule has 0 spiro atoms. The number of benzene rings is 2. The minimum absolute atomic E-state index is 0.0355. The Balaban J connectivity index is 1.56. The summed E-state index contributed by atoms with van der Waals surface area (Å²) < 4.78 is 20.5. The van der Waals surface area contributed by atoms with Gasteiger partial charge in [0.1, 0.15) is 11.6 Å². The van der Waals surface area contributed by atoms with Crippen molar-refractivity contribution in [3.8, 4) is 34.2 Å². The van der Waals surface area contributed by atoms with Gasteiger partial charge < -0.3 is 19.1 Å². The van der Waals surface area contributed by atoms with E-state index >= 15 is 0 Å². The van der Waals surface area contributed by atoms with Gasteiger partial charge in [0.05, 0.1) is 41.2 Å². The highest BCUT2D eigenvalue weighted by Gasteiger charge is 2.38. The zero-order valence-electron chi connectivity index (χ0n) is 30.5. The van der Waals surface area contributed by atoms with E-state index in [1.54, 1.807) is 6.07 Å². The SMILES string of the molecule is CCOC(=O)[C@@H](OC(C)(C)C)c1c(C)nc2cc3nn2c1N1CCC(C)(CCC=CC[C@H](C)Oc2ccc(C#N)cc2-c2cccc-3c2)CC1. The van der Waals surface area contributed by atoms with Crippen LogP contribution in [0.4, 0.5) is 5.82 Å². The van der Waals surface area contributed by atoms with Crippen LogP contribution < -0.4 is 9.64 Å². The number of aryl methyl sites for hydroxylation is 1. The number of carbonyl (C=O) groups excluding carboxylic acids is 1. The maximum atomic E-state index is 13.7. The first-order valence-electron chi connectivity index (χ1n) is 17.8. The lowest BCUT2D eigenvalue weighted by atomic mass is 9.76. The first-order chi connectivity index (χ1) is 23.9. The zero-order chi connectivity index (χ0) is 35.6. The molecule has 6 bridgehead atoms. The third kappa shape index (κ3) is 7.56. The van der Waals surface area contributed by atoms with Gasteiger partial charge in [-0.2, -0.15) is 14.9 Å². The van der Waals surface area contributed by atoms with Gasteiger partial charge >= 0.3 is 5.97 Å². The van der Waals surface area contributed by atoms with E-state index in [0.717, 1.165) is 79.1 Å². The molecule has 0 saturated carbocycles. The van der Waals surface area contributed by atoms with Crippen molar-refractivity contribution in [3.05, 3.63) is 77.5 Å². The third-order valence-corrected chi connectivity index (χ3v) is 9.76. The fourth-order valence-electron chi connectivity index (χ4n) is 7.05. The molecular weight excluding hydrogens is 626 g/mol. The van der Waals surface area contributed by atoms with Crippen molar-refractivity contribution in [3.63, 3.8) is 0 Å². The van der Waals surface area contributed by atoms with E-state index in [1.165, 1.54) is 0 Å². The number of hydrogen-bond donors (Lipinski definition) is 0. The molecule has 3 aliphatic rings. The van der Waals surface area contributed by atoms with Crippen molar-refractivity contribution < 1.29 is 19.0 Å². The Hall–Kier alpha value is -4.68. The average Bonchev–Trinajstić information content (AvgIpc) is 3.50. The summed E-state index contributed by atoms with van der Waals surface area (Å²) >= 11 is 0. The highest BCUT2D eigenvalue weighted by Crippen LogP contribution is 2.42. The first kappa shape index (κ1) is 35.2. The topological polar surface area (TPSA) is 102 Å². The molecule has 2 aromatic heterocycles.